The van der Waals surface area contributed by atoms with Crippen molar-refractivity contribution >= 4 is 43.6 Å². The Bertz CT molecular complexity index is 634. The van der Waals surface area contributed by atoms with Crippen molar-refractivity contribution in [3.8, 4) is 0 Å². The number of carbonyl (C=O) groups excluding carboxylic acids is 1. The van der Waals surface area contributed by atoms with Crippen LogP contribution in [0.5, 0.6) is 0 Å². The van der Waals surface area contributed by atoms with Crippen LogP contribution in [0.2, 0.25) is 0 Å². The molecule has 5 nitrogen and oxygen atoms in total. The molecule has 0 bridgehead atoms. The zero-order valence-corrected chi connectivity index (χ0v) is 13.5. The summed E-state index contributed by atoms with van der Waals surface area (Å²) in [5.41, 5.74) is 3.79. The Hall–Kier alpha value is -1.44. The third kappa shape index (κ3) is 3.78. The fourth-order valence-corrected chi connectivity index (χ4v) is 2.43. The second kappa shape index (κ2) is 6.83. The van der Waals surface area contributed by atoms with Crippen molar-refractivity contribution in [2.75, 3.05) is 5.43 Å². The fraction of sp³-hybridized carbons (Fsp3) is 0.0769. The molecule has 7 heteroatoms. The van der Waals surface area contributed by atoms with Gasteiger partial charge in [0, 0.05) is 21.7 Å². The van der Waals surface area contributed by atoms with Crippen LogP contribution >= 0.6 is 31.9 Å². The van der Waals surface area contributed by atoms with E-state index in [1.54, 1.807) is 12.3 Å². The molecule has 0 spiro atoms. The van der Waals surface area contributed by atoms with E-state index in [4.69, 9.17) is 5.84 Å². The highest BCUT2D eigenvalue weighted by Crippen LogP contribution is 2.17. The second-order valence-corrected chi connectivity index (χ2v) is 5.84. The number of hydrazine groups is 1. The lowest BCUT2D eigenvalue weighted by molar-refractivity contribution is 0.0951. The molecule has 4 N–H and O–H groups in total. The maximum absolute atomic E-state index is 12.2. The number of nitrogens with one attached hydrogen (secondary N) is 2. The number of hydrogen-bond acceptors (Lipinski definition) is 4. The number of halogens is 2. The quantitative estimate of drug-likeness (QED) is 0.545. The summed E-state index contributed by atoms with van der Waals surface area (Å²) in [7, 11) is 0. The van der Waals surface area contributed by atoms with E-state index >= 15 is 0 Å². The van der Waals surface area contributed by atoms with Crippen LogP contribution in [0.3, 0.4) is 0 Å². The minimum Gasteiger partial charge on any atom is -0.348 e. The molecule has 20 heavy (non-hydrogen) atoms. The number of aromatic nitrogens is 1. The van der Waals surface area contributed by atoms with Gasteiger partial charge in [0.05, 0.1) is 5.56 Å². The van der Waals surface area contributed by atoms with Gasteiger partial charge in [0.2, 0.25) is 0 Å². The van der Waals surface area contributed by atoms with E-state index in [2.05, 4.69) is 47.6 Å². The number of pyridine rings is 1. The number of amides is 1. The first kappa shape index (κ1) is 15.0. The lowest BCUT2D eigenvalue weighted by atomic mass is 10.2. The lowest BCUT2D eigenvalue weighted by Gasteiger charge is -2.09. The monoisotopic (exact) mass is 398 g/mol. The number of benzene rings is 1. The lowest BCUT2D eigenvalue weighted by Crippen LogP contribution is -2.25. The summed E-state index contributed by atoms with van der Waals surface area (Å²) in [5.74, 6) is 5.44. The Morgan fingerprint density at radius 3 is 2.75 bits per heavy atom. The molecule has 0 unspecified atom stereocenters. The molecule has 0 aliphatic heterocycles. The maximum Gasteiger partial charge on any atom is 0.255 e. The maximum atomic E-state index is 12.2. The molecule has 0 radical (unpaired) electrons. The van der Waals surface area contributed by atoms with Crippen molar-refractivity contribution in [2.45, 2.75) is 6.54 Å². The molecule has 0 fully saturated rings. The fourth-order valence-electron chi connectivity index (χ4n) is 1.65. The number of nitrogen functional groups attached to an aromatic ring is 1. The first-order valence-corrected chi connectivity index (χ1v) is 7.33. The molecule has 2 rings (SSSR count). The van der Waals surface area contributed by atoms with E-state index in [1.807, 2.05) is 24.3 Å². The number of hydrogen-bond donors (Lipinski definition) is 3. The molecule has 0 aliphatic carbocycles. The molecule has 104 valence electrons. The van der Waals surface area contributed by atoms with Gasteiger partial charge in [-0.15, -0.1) is 0 Å². The number of nitrogens with zero attached hydrogens (tertiary/aromatic N) is 1. The highest BCUT2D eigenvalue weighted by Gasteiger charge is 2.12. The first-order chi connectivity index (χ1) is 9.60. The third-order valence-electron chi connectivity index (χ3n) is 2.58. The normalized spacial score (nSPS) is 10.2. The molecule has 1 aromatic heterocycles. The number of carbonyl (C=O) groups is 1. The Morgan fingerprint density at radius 2 is 2.05 bits per heavy atom. The van der Waals surface area contributed by atoms with Gasteiger partial charge in [0.1, 0.15) is 0 Å². The van der Waals surface area contributed by atoms with Gasteiger partial charge in [0.15, 0.2) is 5.82 Å². The molecule has 1 aromatic carbocycles. The summed E-state index contributed by atoms with van der Waals surface area (Å²) in [6, 6.07) is 9.39. The van der Waals surface area contributed by atoms with Crippen molar-refractivity contribution < 1.29 is 4.79 Å². The predicted octanol–water partition coefficient (Wildman–Crippen LogP) is 2.82. The van der Waals surface area contributed by atoms with Gasteiger partial charge in [-0.3, -0.25) is 4.79 Å². The standard InChI is InChI=1S/C13H12Br2N4O/c14-9-3-1-2-8(4-9)6-18-13(20)11-5-10(15)7-17-12(11)19-16/h1-5,7H,6,16H2,(H,17,19)(H,18,20). The smallest absolute Gasteiger partial charge is 0.255 e. The summed E-state index contributed by atoms with van der Waals surface area (Å²) in [6.45, 7) is 0.425. The minimum absolute atomic E-state index is 0.244. The molecular weight excluding hydrogens is 388 g/mol. The molecule has 0 saturated heterocycles. The van der Waals surface area contributed by atoms with Crippen molar-refractivity contribution in [1.82, 2.24) is 10.3 Å². The van der Waals surface area contributed by atoms with Gasteiger partial charge in [0.25, 0.3) is 5.91 Å². The van der Waals surface area contributed by atoms with E-state index in [1.165, 1.54) is 0 Å². The molecule has 2 aromatic rings. The number of nitrogens with two attached hydrogens (primary N) is 1. The van der Waals surface area contributed by atoms with Crippen LogP contribution in [0.1, 0.15) is 15.9 Å². The zero-order valence-electron chi connectivity index (χ0n) is 10.4. The van der Waals surface area contributed by atoms with Crippen LogP contribution in [-0.4, -0.2) is 10.9 Å². The average molecular weight is 400 g/mol. The highest BCUT2D eigenvalue weighted by molar-refractivity contribution is 9.10. The molecule has 1 heterocycles. The largest absolute Gasteiger partial charge is 0.348 e. The SMILES string of the molecule is NNc1ncc(Br)cc1C(=O)NCc1cccc(Br)c1. The Morgan fingerprint density at radius 1 is 1.25 bits per heavy atom. The molecule has 0 saturated carbocycles. The van der Waals surface area contributed by atoms with Crippen molar-refractivity contribution in [3.63, 3.8) is 0 Å². The van der Waals surface area contributed by atoms with Gasteiger partial charge < -0.3 is 10.7 Å². The van der Waals surface area contributed by atoms with E-state index < -0.39 is 0 Å². The van der Waals surface area contributed by atoms with Gasteiger partial charge in [-0.05, 0) is 39.7 Å². The summed E-state index contributed by atoms with van der Waals surface area (Å²) < 4.78 is 1.68. The van der Waals surface area contributed by atoms with Gasteiger partial charge in [-0.1, -0.05) is 28.1 Å². The van der Waals surface area contributed by atoms with E-state index in [9.17, 15) is 4.79 Å². The molecule has 1 amide bonds. The molecule has 0 aliphatic rings. The van der Waals surface area contributed by atoms with Crippen LogP contribution in [-0.2, 0) is 6.54 Å². The summed E-state index contributed by atoms with van der Waals surface area (Å²) in [5, 5.41) is 2.83. The summed E-state index contributed by atoms with van der Waals surface area (Å²) in [4.78, 5) is 16.2. The average Bonchev–Trinajstić information content (AvgIpc) is 2.45. The zero-order chi connectivity index (χ0) is 14.5. The van der Waals surface area contributed by atoms with Crippen molar-refractivity contribution in [1.29, 1.82) is 0 Å². The minimum atomic E-state index is -0.244. The van der Waals surface area contributed by atoms with Crippen LogP contribution in [0.4, 0.5) is 5.82 Å². The third-order valence-corrected chi connectivity index (χ3v) is 3.50. The van der Waals surface area contributed by atoms with Crippen LogP contribution in [0.15, 0.2) is 45.5 Å². The van der Waals surface area contributed by atoms with Crippen molar-refractivity contribution in [2.24, 2.45) is 5.84 Å². The first-order valence-electron chi connectivity index (χ1n) is 5.75. The van der Waals surface area contributed by atoms with Crippen LogP contribution in [0.25, 0.3) is 0 Å². The Labute approximate surface area is 133 Å². The van der Waals surface area contributed by atoms with Gasteiger partial charge in [-0.2, -0.15) is 0 Å². The van der Waals surface area contributed by atoms with Crippen molar-refractivity contribution in [3.05, 3.63) is 56.6 Å². The van der Waals surface area contributed by atoms with Gasteiger partial charge >= 0.3 is 0 Å². The van der Waals surface area contributed by atoms with E-state index in [-0.39, 0.29) is 5.91 Å². The summed E-state index contributed by atoms with van der Waals surface area (Å²) >= 11 is 6.67. The van der Waals surface area contributed by atoms with Gasteiger partial charge in [-0.25, -0.2) is 10.8 Å². The van der Waals surface area contributed by atoms with E-state index in [0.29, 0.717) is 22.4 Å². The van der Waals surface area contributed by atoms with Crippen LogP contribution in [0, 0.1) is 0 Å². The topological polar surface area (TPSA) is 80.0 Å². The highest BCUT2D eigenvalue weighted by atomic mass is 79.9. The summed E-state index contributed by atoms with van der Waals surface area (Å²) in [6.07, 6.45) is 1.57. The molecule has 0 atom stereocenters. The number of rotatable bonds is 4. The van der Waals surface area contributed by atoms with Crippen LogP contribution < -0.4 is 16.6 Å². The molecular formula is C13H12Br2N4O. The predicted molar refractivity (Wildman–Crippen MR) is 85.1 cm³/mol. The second-order valence-electron chi connectivity index (χ2n) is 4.01. The Balaban J connectivity index is 2.10. The Kier molecular flexibility index (Phi) is 5.11. The number of anilines is 1. The van der Waals surface area contributed by atoms with E-state index in [0.717, 1.165) is 10.0 Å².